The van der Waals surface area contributed by atoms with Gasteiger partial charge in [0.05, 0.1) is 0 Å². The summed E-state index contributed by atoms with van der Waals surface area (Å²) in [6, 6.07) is 7.44. The van der Waals surface area contributed by atoms with Crippen LogP contribution in [-0.2, 0) is 24.1 Å². The number of hydrogen-bond donors (Lipinski definition) is 2. The number of benzene rings is 1. The Bertz CT molecular complexity index is 817. The van der Waals surface area contributed by atoms with E-state index in [1.165, 1.54) is 0 Å². The summed E-state index contributed by atoms with van der Waals surface area (Å²) in [6.45, 7) is 3.98. The van der Waals surface area contributed by atoms with Crippen LogP contribution in [0.4, 0.5) is 4.79 Å². The maximum atomic E-state index is 12.2. The molecule has 1 aromatic heterocycles. The first kappa shape index (κ1) is 17.7. The van der Waals surface area contributed by atoms with Crippen molar-refractivity contribution in [3.05, 3.63) is 53.0 Å². The summed E-state index contributed by atoms with van der Waals surface area (Å²) >= 11 is 0. The number of carbonyl (C=O) groups excluding carboxylic acids is 3. The average molecular weight is 356 g/mol. The Labute approximate surface area is 150 Å². The molecular formula is C19H20N2O5. The highest BCUT2D eigenvalue weighted by Crippen LogP contribution is 2.20. The van der Waals surface area contributed by atoms with Crippen LogP contribution in [0.15, 0.2) is 34.7 Å². The van der Waals surface area contributed by atoms with Gasteiger partial charge in [-0.25, -0.2) is 9.59 Å². The first-order valence-corrected chi connectivity index (χ1v) is 8.54. The minimum absolute atomic E-state index is 0.188. The Hall–Kier alpha value is -3.09. The van der Waals surface area contributed by atoms with Gasteiger partial charge < -0.3 is 14.5 Å². The monoisotopic (exact) mass is 356 g/mol. The van der Waals surface area contributed by atoms with E-state index in [0.717, 1.165) is 29.7 Å². The summed E-state index contributed by atoms with van der Waals surface area (Å²) in [5.74, 6) is 0.474. The number of furan rings is 1. The first-order chi connectivity index (χ1) is 12.5. The van der Waals surface area contributed by atoms with E-state index in [2.05, 4.69) is 10.6 Å². The lowest BCUT2D eigenvalue weighted by atomic mass is 10.1. The van der Waals surface area contributed by atoms with Gasteiger partial charge in [-0.05, 0) is 35.7 Å². The van der Waals surface area contributed by atoms with E-state index >= 15 is 0 Å². The summed E-state index contributed by atoms with van der Waals surface area (Å²) < 4.78 is 10.9. The Kier molecular flexibility index (Phi) is 5.06. The third-order valence-corrected chi connectivity index (χ3v) is 4.23. The average Bonchev–Trinajstić information content (AvgIpc) is 3.19. The van der Waals surface area contributed by atoms with Gasteiger partial charge in [0.15, 0.2) is 0 Å². The van der Waals surface area contributed by atoms with Gasteiger partial charge in [0.1, 0.15) is 17.6 Å². The molecule has 2 aromatic rings. The van der Waals surface area contributed by atoms with Gasteiger partial charge in [0.25, 0.3) is 5.91 Å². The molecule has 0 aliphatic carbocycles. The molecule has 7 heteroatoms. The van der Waals surface area contributed by atoms with E-state index in [-0.39, 0.29) is 11.7 Å². The number of urea groups is 1. The van der Waals surface area contributed by atoms with Crippen LogP contribution in [-0.4, -0.2) is 23.9 Å². The van der Waals surface area contributed by atoms with Crippen molar-refractivity contribution in [2.75, 3.05) is 0 Å². The smallest absolute Gasteiger partial charge is 0.379 e. The van der Waals surface area contributed by atoms with E-state index in [1.807, 2.05) is 13.8 Å². The molecule has 2 heterocycles. The summed E-state index contributed by atoms with van der Waals surface area (Å²) in [4.78, 5) is 34.9. The van der Waals surface area contributed by atoms with Gasteiger partial charge in [-0.2, -0.15) is 0 Å². The minimum atomic E-state index is -0.584. The summed E-state index contributed by atoms with van der Waals surface area (Å²) in [5.41, 5.74) is 1.85. The van der Waals surface area contributed by atoms with Crippen molar-refractivity contribution < 1.29 is 23.5 Å². The molecule has 136 valence electrons. The van der Waals surface area contributed by atoms with Crippen molar-refractivity contribution >= 4 is 17.9 Å². The first-order valence-electron chi connectivity index (χ1n) is 8.54. The Morgan fingerprint density at radius 1 is 1.15 bits per heavy atom. The molecular weight excluding hydrogens is 336 g/mol. The number of imide groups is 1. The molecule has 0 spiro atoms. The second-order valence-corrected chi connectivity index (χ2v) is 6.02. The summed E-state index contributed by atoms with van der Waals surface area (Å²) in [5, 5.41) is 4.73. The van der Waals surface area contributed by atoms with E-state index in [1.54, 1.807) is 30.3 Å². The Morgan fingerprint density at radius 3 is 2.42 bits per heavy atom. The molecule has 1 aliphatic rings. The standard InChI is InChI=1S/C19H20N2O5/c1-3-12-10-16(26-15(12)4-2)18(23)25-13-7-5-11(6-8-13)9-14-17(22)21-19(24)20-14/h5-8,10,14H,3-4,9H2,1-2H3,(H2,20,21,22,24)/t14-/m1/s1. The molecule has 2 N–H and O–H groups in total. The van der Waals surface area contributed by atoms with Gasteiger partial charge in [-0.1, -0.05) is 26.0 Å². The molecule has 7 nitrogen and oxygen atoms in total. The molecule has 1 saturated heterocycles. The molecule has 0 saturated carbocycles. The second kappa shape index (κ2) is 7.43. The number of nitrogens with one attached hydrogen (secondary N) is 2. The highest BCUT2D eigenvalue weighted by molar-refractivity contribution is 6.04. The van der Waals surface area contributed by atoms with Gasteiger partial charge in [-0.15, -0.1) is 0 Å². The van der Waals surface area contributed by atoms with Crippen molar-refractivity contribution in [2.45, 2.75) is 39.2 Å². The van der Waals surface area contributed by atoms with E-state index in [9.17, 15) is 14.4 Å². The number of amides is 3. The fourth-order valence-corrected chi connectivity index (χ4v) is 2.85. The van der Waals surface area contributed by atoms with Crippen LogP contribution >= 0.6 is 0 Å². The molecule has 0 radical (unpaired) electrons. The Balaban J connectivity index is 1.63. The molecule has 1 atom stereocenters. The minimum Gasteiger partial charge on any atom is -0.454 e. The van der Waals surface area contributed by atoms with E-state index in [0.29, 0.717) is 12.2 Å². The van der Waals surface area contributed by atoms with Crippen molar-refractivity contribution in [3.8, 4) is 5.75 Å². The third-order valence-electron chi connectivity index (χ3n) is 4.23. The van der Waals surface area contributed by atoms with Crippen LogP contribution in [0.2, 0.25) is 0 Å². The summed E-state index contributed by atoms with van der Waals surface area (Å²) in [6.07, 6.45) is 1.88. The number of rotatable bonds is 6. The molecule has 26 heavy (non-hydrogen) atoms. The maximum absolute atomic E-state index is 12.2. The van der Waals surface area contributed by atoms with Crippen LogP contribution in [0.5, 0.6) is 5.75 Å². The zero-order valence-corrected chi connectivity index (χ0v) is 14.6. The lowest BCUT2D eigenvalue weighted by Crippen LogP contribution is -2.31. The molecule has 0 unspecified atom stereocenters. The van der Waals surface area contributed by atoms with Crippen LogP contribution in [0, 0.1) is 0 Å². The number of esters is 1. The fraction of sp³-hybridized carbons (Fsp3) is 0.316. The second-order valence-electron chi connectivity index (χ2n) is 6.02. The molecule has 1 aromatic carbocycles. The van der Waals surface area contributed by atoms with Crippen molar-refractivity contribution in [1.29, 1.82) is 0 Å². The quantitative estimate of drug-likeness (QED) is 0.470. The fourth-order valence-electron chi connectivity index (χ4n) is 2.85. The predicted octanol–water partition coefficient (Wildman–Crippen LogP) is 2.37. The molecule has 3 rings (SSSR count). The lowest BCUT2D eigenvalue weighted by Gasteiger charge is -2.08. The molecule has 1 aliphatic heterocycles. The van der Waals surface area contributed by atoms with Gasteiger partial charge in [0.2, 0.25) is 5.76 Å². The van der Waals surface area contributed by atoms with E-state index < -0.39 is 18.0 Å². The molecule has 1 fully saturated rings. The van der Waals surface area contributed by atoms with Crippen molar-refractivity contribution in [2.24, 2.45) is 0 Å². The van der Waals surface area contributed by atoms with Crippen LogP contribution in [0.3, 0.4) is 0 Å². The Morgan fingerprint density at radius 2 is 1.88 bits per heavy atom. The number of hydrogen-bond acceptors (Lipinski definition) is 5. The SMILES string of the molecule is CCc1cc(C(=O)Oc2ccc(C[C@H]3NC(=O)NC3=O)cc2)oc1CC. The van der Waals surface area contributed by atoms with Crippen LogP contribution in [0.1, 0.15) is 41.3 Å². The highest BCUT2D eigenvalue weighted by atomic mass is 16.5. The number of ether oxygens (including phenoxy) is 1. The number of carbonyl (C=O) groups is 3. The van der Waals surface area contributed by atoms with Gasteiger partial charge in [0, 0.05) is 12.8 Å². The normalized spacial score (nSPS) is 16.3. The van der Waals surface area contributed by atoms with Crippen LogP contribution in [0.25, 0.3) is 0 Å². The van der Waals surface area contributed by atoms with Gasteiger partial charge in [-0.3, -0.25) is 10.1 Å². The third kappa shape index (κ3) is 3.77. The summed E-state index contributed by atoms with van der Waals surface area (Å²) in [7, 11) is 0. The zero-order chi connectivity index (χ0) is 18.7. The highest BCUT2D eigenvalue weighted by Gasteiger charge is 2.29. The van der Waals surface area contributed by atoms with Crippen molar-refractivity contribution in [1.82, 2.24) is 10.6 Å². The zero-order valence-electron chi connectivity index (χ0n) is 14.6. The largest absolute Gasteiger partial charge is 0.454 e. The predicted molar refractivity (Wildman–Crippen MR) is 93.0 cm³/mol. The van der Waals surface area contributed by atoms with Gasteiger partial charge >= 0.3 is 12.0 Å². The molecule has 0 bridgehead atoms. The lowest BCUT2D eigenvalue weighted by molar-refractivity contribution is -0.120. The van der Waals surface area contributed by atoms with Crippen molar-refractivity contribution in [3.63, 3.8) is 0 Å². The molecule has 3 amide bonds. The van der Waals surface area contributed by atoms with E-state index in [4.69, 9.17) is 9.15 Å². The maximum Gasteiger partial charge on any atom is 0.379 e. The topological polar surface area (TPSA) is 97.6 Å². The van der Waals surface area contributed by atoms with Crippen LogP contribution < -0.4 is 15.4 Å². The number of aryl methyl sites for hydroxylation is 2.